The fourth-order valence-corrected chi connectivity index (χ4v) is 10.6. The normalized spacial score (nSPS) is 24.6. The zero-order chi connectivity index (χ0) is 43.7. The molecule has 0 spiro atoms. The number of fused-ring (bicyclic) bond motifs is 7. The molecule has 0 radical (unpaired) electrons. The molecule has 4 fully saturated rings. The van der Waals surface area contributed by atoms with Gasteiger partial charge in [0.15, 0.2) is 12.6 Å². The van der Waals surface area contributed by atoms with Crippen molar-refractivity contribution in [3.05, 3.63) is 47.2 Å². The highest BCUT2D eigenvalue weighted by Gasteiger charge is 2.52. The highest BCUT2D eigenvalue weighted by atomic mass is 19.4. The molecule has 62 heavy (non-hydrogen) atoms. The van der Waals surface area contributed by atoms with Crippen molar-refractivity contribution in [2.45, 2.75) is 114 Å². The number of benzene rings is 2. The molecule has 12 nitrogen and oxygen atoms in total. The average molecular weight is 865 g/mol. The minimum atomic E-state index is -4.42. The van der Waals surface area contributed by atoms with Crippen molar-refractivity contribution >= 4 is 33.6 Å². The van der Waals surface area contributed by atoms with E-state index in [0.29, 0.717) is 66.8 Å². The number of pyridine rings is 1. The molecule has 0 aliphatic carbocycles. The largest absolute Gasteiger partial charge is 0.468 e. The fourth-order valence-electron chi connectivity index (χ4n) is 10.6. The second-order valence-electron chi connectivity index (χ2n) is 18.0. The summed E-state index contributed by atoms with van der Waals surface area (Å²) in [5, 5.41) is 1.18. The summed E-state index contributed by atoms with van der Waals surface area (Å²) in [6.45, 7) is 5.23. The van der Waals surface area contributed by atoms with Gasteiger partial charge in [0.2, 0.25) is 0 Å². The zero-order valence-electron chi connectivity index (χ0n) is 35.1. The Balaban J connectivity index is 1.15. The molecule has 2 aromatic carbocycles. The van der Waals surface area contributed by atoms with Crippen LogP contribution in [0.4, 0.5) is 32.6 Å². The number of piperazine rings is 1. The Bertz CT molecular complexity index is 2460. The van der Waals surface area contributed by atoms with Gasteiger partial charge in [-0.3, -0.25) is 9.80 Å². The van der Waals surface area contributed by atoms with Gasteiger partial charge in [0.25, 0.3) is 0 Å². The number of terminal acetylenes is 1. The van der Waals surface area contributed by atoms with E-state index >= 15 is 8.78 Å². The van der Waals surface area contributed by atoms with Crippen molar-refractivity contribution in [1.29, 1.82) is 0 Å². The van der Waals surface area contributed by atoms with Crippen molar-refractivity contribution in [3.63, 3.8) is 0 Å². The fraction of sp³-hybridized carbons (Fsp3) is 0.556. The number of aromatic nitrogens is 3. The van der Waals surface area contributed by atoms with Gasteiger partial charge in [0.1, 0.15) is 47.4 Å². The number of hydrogen-bond donors (Lipinski definition) is 0. The smallest absolute Gasteiger partial charge is 0.411 e. The molecule has 5 aliphatic rings. The minimum absolute atomic E-state index is 0.0479. The zero-order valence-corrected chi connectivity index (χ0v) is 35.1. The predicted octanol–water partition coefficient (Wildman–Crippen LogP) is 7.94. The summed E-state index contributed by atoms with van der Waals surface area (Å²) < 4.78 is 100. The van der Waals surface area contributed by atoms with Crippen LogP contribution in [0, 0.1) is 24.0 Å². The van der Waals surface area contributed by atoms with Crippen LogP contribution < -0.4 is 14.4 Å². The molecular formula is C45H49F5N6O6. The summed E-state index contributed by atoms with van der Waals surface area (Å²) in [5.74, 6) is 1.74. The summed E-state index contributed by atoms with van der Waals surface area (Å²) in [5.41, 5.74) is -0.713. The van der Waals surface area contributed by atoms with Crippen LogP contribution in [0.2, 0.25) is 0 Å². The molecule has 1 amide bonds. The molecule has 9 rings (SSSR count). The number of anilines is 1. The summed E-state index contributed by atoms with van der Waals surface area (Å²) in [4.78, 5) is 34.7. The molecule has 5 aliphatic heterocycles. The number of amides is 1. The van der Waals surface area contributed by atoms with E-state index in [1.807, 2.05) is 25.7 Å². The topological polar surface area (TPSA) is 112 Å². The second kappa shape index (κ2) is 15.9. The number of carbonyl (C=O) groups excluding carboxylic acids is 1. The molecule has 4 saturated heterocycles. The number of hydrogen-bond acceptors (Lipinski definition) is 11. The Hall–Kier alpha value is -5.05. The van der Waals surface area contributed by atoms with Crippen molar-refractivity contribution in [2.75, 3.05) is 51.7 Å². The molecule has 5 atom stereocenters. The number of carbonyl (C=O) groups is 1. The molecule has 0 N–H and O–H groups in total. The maximum atomic E-state index is 17.7. The van der Waals surface area contributed by atoms with Gasteiger partial charge in [-0.1, -0.05) is 12.0 Å². The molecule has 4 aromatic rings. The maximum Gasteiger partial charge on any atom is 0.411 e. The molecule has 17 heteroatoms. The van der Waals surface area contributed by atoms with Gasteiger partial charge in [-0.15, -0.1) is 6.42 Å². The predicted molar refractivity (Wildman–Crippen MR) is 219 cm³/mol. The number of halogens is 5. The summed E-state index contributed by atoms with van der Waals surface area (Å²) >= 11 is 0. The molecule has 7 heterocycles. The Labute approximate surface area is 356 Å². The molecule has 2 bridgehead atoms. The number of alkyl halides is 3. The average Bonchev–Trinajstić information content (AvgIpc) is 3.86. The van der Waals surface area contributed by atoms with Crippen LogP contribution in [0.1, 0.15) is 77.0 Å². The van der Waals surface area contributed by atoms with E-state index in [1.165, 1.54) is 13.2 Å². The quantitative estimate of drug-likeness (QED) is 0.0881. The van der Waals surface area contributed by atoms with E-state index in [4.69, 9.17) is 45.1 Å². The second-order valence-corrected chi connectivity index (χ2v) is 18.0. The van der Waals surface area contributed by atoms with Gasteiger partial charge in [0, 0.05) is 30.6 Å². The van der Waals surface area contributed by atoms with Gasteiger partial charge in [0.05, 0.1) is 46.9 Å². The lowest BCUT2D eigenvalue weighted by atomic mass is 9.95. The number of ether oxygens (including phenoxy) is 5. The maximum absolute atomic E-state index is 17.7. The van der Waals surface area contributed by atoms with E-state index in [0.717, 1.165) is 25.7 Å². The van der Waals surface area contributed by atoms with Gasteiger partial charge in [-0.05, 0) is 102 Å². The molecular weight excluding hydrogens is 816 g/mol. The van der Waals surface area contributed by atoms with Crippen LogP contribution in [0.3, 0.4) is 0 Å². The van der Waals surface area contributed by atoms with E-state index in [-0.39, 0.29) is 84.0 Å². The monoisotopic (exact) mass is 864 g/mol. The Morgan fingerprint density at radius 2 is 1.82 bits per heavy atom. The van der Waals surface area contributed by atoms with Crippen LogP contribution >= 0.6 is 0 Å². The van der Waals surface area contributed by atoms with Crippen LogP contribution in [0.5, 0.6) is 11.8 Å². The molecule has 0 saturated carbocycles. The van der Waals surface area contributed by atoms with Gasteiger partial charge in [-0.2, -0.15) is 23.1 Å². The van der Waals surface area contributed by atoms with Crippen molar-refractivity contribution in [3.8, 4) is 35.4 Å². The van der Waals surface area contributed by atoms with E-state index in [2.05, 4.69) is 15.7 Å². The molecule has 1 unspecified atom stereocenters. The first kappa shape index (κ1) is 42.3. The minimum Gasteiger partial charge on any atom is -0.468 e. The number of aryl methyl sites for hydroxylation is 1. The van der Waals surface area contributed by atoms with Crippen molar-refractivity contribution in [2.24, 2.45) is 0 Å². The molecule has 330 valence electrons. The lowest BCUT2D eigenvalue weighted by Crippen LogP contribution is -2.62. The van der Waals surface area contributed by atoms with Crippen molar-refractivity contribution < 1.29 is 50.4 Å². The van der Waals surface area contributed by atoms with Gasteiger partial charge < -0.3 is 28.6 Å². The first-order chi connectivity index (χ1) is 29.6. The van der Waals surface area contributed by atoms with E-state index in [9.17, 15) is 18.0 Å². The van der Waals surface area contributed by atoms with Gasteiger partial charge >= 0.3 is 18.3 Å². The lowest BCUT2D eigenvalue weighted by Gasteiger charge is -2.47. The lowest BCUT2D eigenvalue weighted by molar-refractivity contribution is -0.177. The number of nitrogens with zero attached hydrogens (tertiary/aromatic N) is 6. The number of rotatable bonds is 10. The Morgan fingerprint density at radius 1 is 1.00 bits per heavy atom. The summed E-state index contributed by atoms with van der Waals surface area (Å²) in [7, 11) is 1.47. The first-order valence-corrected chi connectivity index (χ1v) is 21.1. The van der Waals surface area contributed by atoms with Crippen LogP contribution in [-0.4, -0.2) is 119 Å². The van der Waals surface area contributed by atoms with Crippen LogP contribution in [0.15, 0.2) is 24.3 Å². The third-order valence-electron chi connectivity index (χ3n) is 13.0. The standard InChI is InChI=1S/C45H49F5N6O6/c1-6-29-31(46)10-8-25-18-28(61-24-58-5)19-30(35(25)29)38-37(47)39-36-32(51-38)11-13-33-34-12-9-26(56(34)42(57)62-43(2,3)4)20-54(33)40(36)53-41(52-39)60-22-44-15-7-17-55(44)27(14-16-44)21-59-23-45(48,49)50/h1,8,10,18-19,26-27,33-34H,7,9,11-17,20-24H2,2-5H3/t26-,27+,33-,34?,44+/m1/s1. The van der Waals surface area contributed by atoms with Crippen molar-refractivity contribution in [1.82, 2.24) is 24.8 Å². The highest BCUT2D eigenvalue weighted by molar-refractivity contribution is 6.03. The van der Waals surface area contributed by atoms with E-state index in [1.54, 1.807) is 18.2 Å². The summed E-state index contributed by atoms with van der Waals surface area (Å²) in [6.07, 6.45) is 6.34. The summed E-state index contributed by atoms with van der Waals surface area (Å²) in [6, 6.07) is 5.07. The number of methoxy groups -OCH3 is 1. The Morgan fingerprint density at radius 3 is 2.58 bits per heavy atom. The first-order valence-electron chi connectivity index (χ1n) is 21.1. The van der Waals surface area contributed by atoms with Crippen LogP contribution in [0.25, 0.3) is 32.9 Å². The van der Waals surface area contributed by atoms with Crippen LogP contribution in [-0.2, 0) is 20.6 Å². The van der Waals surface area contributed by atoms with Gasteiger partial charge in [-0.25, -0.2) is 18.6 Å². The Kier molecular flexibility index (Phi) is 10.9. The molecule has 2 aromatic heterocycles. The SMILES string of the molecule is C#Cc1c(F)ccc2cc(OCOC)cc(-c3nc4c5c(nc(OC[C@@]67CCCN6[C@H](COCC(F)(F)F)CC7)nc5c3F)N3C[C@H]5CCC([C@H]3CC4)N5C(=O)OC(C)(C)C)c12. The third kappa shape index (κ3) is 7.61. The highest BCUT2D eigenvalue weighted by Crippen LogP contribution is 2.47. The third-order valence-corrected chi connectivity index (χ3v) is 13.0. The van der Waals surface area contributed by atoms with E-state index < -0.39 is 35.6 Å².